The van der Waals surface area contributed by atoms with Crippen LogP contribution in [0.15, 0.2) is 47.5 Å². The number of pyridine rings is 1. The smallest absolute Gasteiger partial charge is 0.243 e. The maximum absolute atomic E-state index is 13.1. The number of benzene rings is 1. The molecule has 1 unspecified atom stereocenters. The van der Waals surface area contributed by atoms with Crippen molar-refractivity contribution in [3.05, 3.63) is 48.3 Å². The van der Waals surface area contributed by atoms with Gasteiger partial charge >= 0.3 is 0 Å². The molecule has 1 fully saturated rings. The van der Waals surface area contributed by atoms with E-state index in [2.05, 4.69) is 4.98 Å². The molecule has 8 heteroatoms. The highest BCUT2D eigenvalue weighted by atomic mass is 32.2. The molecule has 27 heavy (non-hydrogen) atoms. The molecule has 2 aliphatic heterocycles. The van der Waals surface area contributed by atoms with Crippen molar-refractivity contribution < 1.29 is 22.6 Å². The number of hydrogen-bond acceptors (Lipinski definition) is 6. The lowest BCUT2D eigenvalue weighted by Gasteiger charge is -2.32. The second kappa shape index (κ2) is 7.84. The molecular weight excluding hydrogens is 368 g/mol. The summed E-state index contributed by atoms with van der Waals surface area (Å²) in [6.45, 7) is 2.09. The number of ether oxygens (including phenoxy) is 3. The summed E-state index contributed by atoms with van der Waals surface area (Å²) in [6.07, 6.45) is 3.17. The third kappa shape index (κ3) is 4.07. The highest BCUT2D eigenvalue weighted by Crippen LogP contribution is 2.33. The van der Waals surface area contributed by atoms with Gasteiger partial charge in [0.05, 0.1) is 23.3 Å². The third-order valence-electron chi connectivity index (χ3n) is 4.69. The fraction of sp³-hybridized carbons (Fsp3) is 0.421. The van der Waals surface area contributed by atoms with Gasteiger partial charge in [-0.05, 0) is 37.1 Å². The molecule has 144 valence electrons. The van der Waals surface area contributed by atoms with Gasteiger partial charge in [0, 0.05) is 25.4 Å². The van der Waals surface area contributed by atoms with Gasteiger partial charge in [0.2, 0.25) is 10.0 Å². The van der Waals surface area contributed by atoms with E-state index >= 15 is 0 Å². The summed E-state index contributed by atoms with van der Waals surface area (Å²) in [4.78, 5) is 4.46. The van der Waals surface area contributed by atoms with E-state index in [4.69, 9.17) is 14.2 Å². The Bertz CT molecular complexity index is 888. The standard InChI is InChI=1S/C19H22N2O5S/c22-27(23,17-6-7-18-19(12-17)25-11-10-24-18)21-9-3-5-16(13-21)26-14-15-4-1-2-8-20-15/h1-2,4,6-8,12,16H,3,5,9-11,13-14H2. The first-order chi connectivity index (χ1) is 13.1. The summed E-state index contributed by atoms with van der Waals surface area (Å²) in [6, 6.07) is 10.4. The van der Waals surface area contributed by atoms with Crippen molar-refractivity contribution in [1.29, 1.82) is 0 Å². The van der Waals surface area contributed by atoms with Crippen LogP contribution in [-0.4, -0.2) is 50.1 Å². The van der Waals surface area contributed by atoms with Crippen LogP contribution in [0.4, 0.5) is 0 Å². The molecule has 1 aromatic carbocycles. The molecule has 2 aromatic rings. The Morgan fingerprint density at radius 3 is 2.81 bits per heavy atom. The lowest BCUT2D eigenvalue weighted by molar-refractivity contribution is 0.00665. The average molecular weight is 390 g/mol. The van der Waals surface area contributed by atoms with Crippen molar-refractivity contribution in [2.75, 3.05) is 26.3 Å². The molecule has 0 amide bonds. The maximum Gasteiger partial charge on any atom is 0.243 e. The zero-order valence-corrected chi connectivity index (χ0v) is 15.7. The summed E-state index contributed by atoms with van der Waals surface area (Å²) in [7, 11) is -3.61. The van der Waals surface area contributed by atoms with Gasteiger partial charge in [-0.2, -0.15) is 4.31 Å². The summed E-state index contributed by atoms with van der Waals surface area (Å²) in [5.41, 5.74) is 0.837. The van der Waals surface area contributed by atoms with Crippen molar-refractivity contribution in [2.24, 2.45) is 0 Å². The zero-order valence-electron chi connectivity index (χ0n) is 14.9. The minimum Gasteiger partial charge on any atom is -0.486 e. The predicted molar refractivity (Wildman–Crippen MR) is 98.2 cm³/mol. The van der Waals surface area contributed by atoms with Crippen molar-refractivity contribution in [1.82, 2.24) is 9.29 Å². The molecule has 4 rings (SSSR count). The Kier molecular flexibility index (Phi) is 5.29. The topological polar surface area (TPSA) is 78.0 Å². The van der Waals surface area contributed by atoms with Crippen LogP contribution in [0.1, 0.15) is 18.5 Å². The van der Waals surface area contributed by atoms with E-state index in [1.807, 2.05) is 18.2 Å². The van der Waals surface area contributed by atoms with E-state index in [0.717, 1.165) is 18.5 Å². The van der Waals surface area contributed by atoms with Crippen LogP contribution in [0.3, 0.4) is 0 Å². The Morgan fingerprint density at radius 1 is 1.15 bits per heavy atom. The van der Waals surface area contributed by atoms with Crippen LogP contribution in [0.25, 0.3) is 0 Å². The normalized spacial score (nSPS) is 20.4. The minimum atomic E-state index is -3.61. The molecule has 2 aliphatic rings. The summed E-state index contributed by atoms with van der Waals surface area (Å²) in [5.74, 6) is 1.05. The molecule has 1 saturated heterocycles. The lowest BCUT2D eigenvalue weighted by Crippen LogP contribution is -2.43. The number of fused-ring (bicyclic) bond motifs is 1. The monoisotopic (exact) mass is 390 g/mol. The highest BCUT2D eigenvalue weighted by molar-refractivity contribution is 7.89. The summed E-state index contributed by atoms with van der Waals surface area (Å²) in [5, 5.41) is 0. The molecule has 0 saturated carbocycles. The molecule has 0 aliphatic carbocycles. The van der Waals surface area contributed by atoms with E-state index in [1.54, 1.807) is 24.4 Å². The molecule has 1 aromatic heterocycles. The first-order valence-corrected chi connectivity index (χ1v) is 10.5. The first kappa shape index (κ1) is 18.2. The van der Waals surface area contributed by atoms with Crippen LogP contribution in [0, 0.1) is 0 Å². The molecule has 0 N–H and O–H groups in total. The number of nitrogens with zero attached hydrogens (tertiary/aromatic N) is 2. The Balaban J connectivity index is 1.45. The molecule has 1 atom stereocenters. The second-order valence-corrected chi connectivity index (χ2v) is 8.50. The van der Waals surface area contributed by atoms with Gasteiger partial charge in [-0.3, -0.25) is 4.98 Å². The molecule has 0 spiro atoms. The third-order valence-corrected chi connectivity index (χ3v) is 6.55. The first-order valence-electron chi connectivity index (χ1n) is 9.04. The number of sulfonamides is 1. The van der Waals surface area contributed by atoms with Crippen molar-refractivity contribution in [3.8, 4) is 11.5 Å². The number of piperidine rings is 1. The largest absolute Gasteiger partial charge is 0.486 e. The van der Waals surface area contributed by atoms with E-state index in [9.17, 15) is 8.42 Å². The molecule has 0 radical (unpaired) electrons. The Labute approximate surface area is 158 Å². The summed E-state index contributed by atoms with van der Waals surface area (Å²) >= 11 is 0. The number of aromatic nitrogens is 1. The van der Waals surface area contributed by atoms with Crippen LogP contribution in [0.2, 0.25) is 0 Å². The zero-order chi connectivity index (χ0) is 18.7. The second-order valence-electron chi connectivity index (χ2n) is 6.56. The van der Waals surface area contributed by atoms with Crippen molar-refractivity contribution >= 4 is 10.0 Å². The lowest BCUT2D eigenvalue weighted by atomic mass is 10.1. The van der Waals surface area contributed by atoms with Crippen LogP contribution in [-0.2, 0) is 21.4 Å². The van der Waals surface area contributed by atoms with E-state index in [0.29, 0.717) is 44.4 Å². The van der Waals surface area contributed by atoms with Gasteiger partial charge in [0.1, 0.15) is 13.2 Å². The van der Waals surface area contributed by atoms with Gasteiger partial charge < -0.3 is 14.2 Å². The maximum atomic E-state index is 13.1. The van der Waals surface area contributed by atoms with Crippen molar-refractivity contribution in [2.45, 2.75) is 30.4 Å². The predicted octanol–water partition coefficient (Wildman–Crippen LogP) is 2.22. The van der Waals surface area contributed by atoms with E-state index in [-0.39, 0.29) is 11.0 Å². The summed E-state index contributed by atoms with van der Waals surface area (Å²) < 4.78 is 44.5. The minimum absolute atomic E-state index is 0.146. The van der Waals surface area contributed by atoms with Gasteiger partial charge in [-0.15, -0.1) is 0 Å². The molecule has 3 heterocycles. The average Bonchev–Trinajstić information content (AvgIpc) is 2.73. The van der Waals surface area contributed by atoms with Crippen LogP contribution < -0.4 is 9.47 Å². The fourth-order valence-corrected chi connectivity index (χ4v) is 4.81. The molecule has 0 bridgehead atoms. The van der Waals surface area contributed by atoms with Crippen molar-refractivity contribution in [3.63, 3.8) is 0 Å². The number of hydrogen-bond donors (Lipinski definition) is 0. The molecular formula is C19H22N2O5S. The molecule has 7 nitrogen and oxygen atoms in total. The Morgan fingerprint density at radius 2 is 2.00 bits per heavy atom. The number of rotatable bonds is 5. The van der Waals surface area contributed by atoms with Gasteiger partial charge in [-0.25, -0.2) is 8.42 Å². The van der Waals surface area contributed by atoms with Crippen LogP contribution >= 0.6 is 0 Å². The van der Waals surface area contributed by atoms with E-state index < -0.39 is 10.0 Å². The van der Waals surface area contributed by atoms with Gasteiger partial charge in [-0.1, -0.05) is 6.07 Å². The quantitative estimate of drug-likeness (QED) is 0.779. The fourth-order valence-electron chi connectivity index (χ4n) is 3.28. The van der Waals surface area contributed by atoms with Gasteiger partial charge in [0.15, 0.2) is 11.5 Å². The van der Waals surface area contributed by atoms with Gasteiger partial charge in [0.25, 0.3) is 0 Å². The van der Waals surface area contributed by atoms with Crippen LogP contribution in [0.5, 0.6) is 11.5 Å². The highest BCUT2D eigenvalue weighted by Gasteiger charge is 2.31. The SMILES string of the molecule is O=S(=O)(c1ccc2c(c1)OCCO2)N1CCCC(OCc2ccccn2)C1. The van der Waals surface area contributed by atoms with E-state index in [1.165, 1.54) is 4.31 Å². The Hall–Kier alpha value is -2.16.